The predicted molar refractivity (Wildman–Crippen MR) is 121 cm³/mol. The molecule has 0 saturated carbocycles. The Morgan fingerprint density at radius 1 is 0.970 bits per heavy atom. The van der Waals surface area contributed by atoms with Crippen molar-refractivity contribution in [1.82, 2.24) is 15.5 Å². The van der Waals surface area contributed by atoms with Crippen molar-refractivity contribution in [3.8, 4) is 10.6 Å². The van der Waals surface area contributed by atoms with Gasteiger partial charge in [-0.3, -0.25) is 10.1 Å². The fourth-order valence-corrected chi connectivity index (χ4v) is 3.70. The Morgan fingerprint density at radius 2 is 1.64 bits per heavy atom. The SMILES string of the molecule is Cc1ccc(-c2nnc(NC(=O)C(NC(=O)Nc3ccccc3C(F)(F)F)C(C)C)s2)cc1. The van der Waals surface area contributed by atoms with Gasteiger partial charge in [0.25, 0.3) is 0 Å². The molecular formula is C22H22F3N5O2S. The Bertz CT molecular complexity index is 1130. The van der Waals surface area contributed by atoms with Gasteiger partial charge < -0.3 is 10.6 Å². The largest absolute Gasteiger partial charge is 0.418 e. The number of anilines is 2. The van der Waals surface area contributed by atoms with Gasteiger partial charge in [-0.15, -0.1) is 10.2 Å². The zero-order valence-corrected chi connectivity index (χ0v) is 18.8. The number of alkyl halides is 3. The van der Waals surface area contributed by atoms with Gasteiger partial charge in [0.2, 0.25) is 11.0 Å². The first-order valence-corrected chi connectivity index (χ1v) is 10.8. The smallest absolute Gasteiger partial charge is 0.326 e. The van der Waals surface area contributed by atoms with Crippen LogP contribution in [0.4, 0.5) is 28.8 Å². The average Bonchev–Trinajstić information content (AvgIpc) is 3.20. The lowest BCUT2D eigenvalue weighted by Crippen LogP contribution is -2.48. The van der Waals surface area contributed by atoms with E-state index >= 15 is 0 Å². The normalized spacial score (nSPS) is 12.3. The van der Waals surface area contributed by atoms with Crippen molar-refractivity contribution >= 4 is 34.1 Å². The highest BCUT2D eigenvalue weighted by atomic mass is 32.1. The summed E-state index contributed by atoms with van der Waals surface area (Å²) >= 11 is 1.17. The Hall–Kier alpha value is -3.47. The average molecular weight is 478 g/mol. The summed E-state index contributed by atoms with van der Waals surface area (Å²) in [6.45, 7) is 5.37. The van der Waals surface area contributed by atoms with Crippen LogP contribution in [0.15, 0.2) is 48.5 Å². The van der Waals surface area contributed by atoms with Crippen molar-refractivity contribution in [2.24, 2.45) is 5.92 Å². The molecule has 3 N–H and O–H groups in total. The molecule has 3 rings (SSSR count). The van der Waals surface area contributed by atoms with E-state index in [-0.39, 0.29) is 11.0 Å². The third kappa shape index (κ3) is 6.28. The number of aromatic nitrogens is 2. The van der Waals surface area contributed by atoms with E-state index in [0.29, 0.717) is 5.01 Å². The van der Waals surface area contributed by atoms with Crippen LogP contribution in [0, 0.1) is 12.8 Å². The number of hydrogen-bond acceptors (Lipinski definition) is 5. The number of rotatable bonds is 6. The van der Waals surface area contributed by atoms with E-state index in [1.807, 2.05) is 31.2 Å². The molecule has 174 valence electrons. The van der Waals surface area contributed by atoms with Crippen LogP contribution < -0.4 is 16.0 Å². The summed E-state index contributed by atoms with van der Waals surface area (Å²) in [6, 6.07) is 10.3. The van der Waals surface area contributed by atoms with Gasteiger partial charge in [-0.1, -0.05) is 67.1 Å². The van der Waals surface area contributed by atoms with Gasteiger partial charge in [0.05, 0.1) is 11.3 Å². The summed E-state index contributed by atoms with van der Waals surface area (Å²) in [7, 11) is 0. The van der Waals surface area contributed by atoms with Crippen LogP contribution in [-0.2, 0) is 11.0 Å². The van der Waals surface area contributed by atoms with E-state index in [2.05, 4.69) is 26.1 Å². The van der Waals surface area contributed by atoms with Gasteiger partial charge in [0.1, 0.15) is 11.0 Å². The van der Waals surface area contributed by atoms with E-state index in [9.17, 15) is 22.8 Å². The summed E-state index contributed by atoms with van der Waals surface area (Å²) in [6.07, 6.45) is -4.63. The quantitative estimate of drug-likeness (QED) is 0.448. The number of carbonyl (C=O) groups is 2. The number of nitrogens with one attached hydrogen (secondary N) is 3. The standard InChI is InChI=1S/C22H22F3N5O2S/c1-12(2)17(27-20(32)26-16-7-5-4-6-15(16)22(23,24)25)18(31)28-21-30-29-19(33-21)14-10-8-13(3)9-11-14/h4-12,17H,1-3H3,(H2,26,27,32)(H,28,30,31). The molecule has 0 spiro atoms. The minimum absolute atomic E-state index is 0.242. The van der Waals surface area contributed by atoms with Crippen LogP contribution in [0.5, 0.6) is 0 Å². The van der Waals surface area contributed by atoms with E-state index in [1.54, 1.807) is 13.8 Å². The van der Waals surface area contributed by atoms with Crippen molar-refractivity contribution in [1.29, 1.82) is 0 Å². The number of halogens is 3. The lowest BCUT2D eigenvalue weighted by atomic mass is 10.0. The number of aryl methyl sites for hydroxylation is 1. The molecule has 11 heteroatoms. The highest BCUT2D eigenvalue weighted by Crippen LogP contribution is 2.34. The van der Waals surface area contributed by atoms with Crippen molar-refractivity contribution < 1.29 is 22.8 Å². The first-order chi connectivity index (χ1) is 15.5. The summed E-state index contributed by atoms with van der Waals surface area (Å²) in [5, 5.41) is 16.1. The molecule has 0 fully saturated rings. The first-order valence-electron chi connectivity index (χ1n) is 9.99. The third-order valence-corrected chi connectivity index (χ3v) is 5.56. The van der Waals surface area contributed by atoms with Crippen LogP contribution in [-0.4, -0.2) is 28.2 Å². The number of carbonyl (C=O) groups excluding carboxylic acids is 2. The number of para-hydroxylation sites is 1. The molecule has 0 bridgehead atoms. The maximum atomic E-state index is 13.2. The predicted octanol–water partition coefficient (Wildman–Crippen LogP) is 5.32. The number of urea groups is 1. The summed E-state index contributed by atoms with van der Waals surface area (Å²) in [5.41, 5.74) is 0.555. The summed E-state index contributed by atoms with van der Waals surface area (Å²) in [5.74, 6) is -0.908. The number of nitrogens with zero attached hydrogens (tertiary/aromatic N) is 2. The highest BCUT2D eigenvalue weighted by Gasteiger charge is 2.34. The lowest BCUT2D eigenvalue weighted by Gasteiger charge is -2.22. The van der Waals surface area contributed by atoms with Crippen LogP contribution in [0.2, 0.25) is 0 Å². The number of amides is 3. The zero-order chi connectivity index (χ0) is 24.2. The van der Waals surface area contributed by atoms with E-state index in [1.165, 1.54) is 23.5 Å². The third-order valence-electron chi connectivity index (χ3n) is 4.67. The minimum atomic E-state index is -4.63. The summed E-state index contributed by atoms with van der Waals surface area (Å²) < 4.78 is 39.5. The van der Waals surface area contributed by atoms with Crippen LogP contribution >= 0.6 is 11.3 Å². The van der Waals surface area contributed by atoms with Gasteiger partial charge in [-0.2, -0.15) is 13.2 Å². The number of hydrogen-bond donors (Lipinski definition) is 3. The number of benzene rings is 2. The van der Waals surface area contributed by atoms with Gasteiger partial charge in [-0.05, 0) is 25.0 Å². The molecule has 1 unspecified atom stereocenters. The highest BCUT2D eigenvalue weighted by molar-refractivity contribution is 7.18. The second kappa shape index (κ2) is 9.99. The molecule has 7 nitrogen and oxygen atoms in total. The Balaban J connectivity index is 1.68. The molecule has 1 atom stereocenters. The maximum Gasteiger partial charge on any atom is 0.418 e. The molecule has 0 aliphatic rings. The monoisotopic (exact) mass is 477 g/mol. The Kier molecular flexibility index (Phi) is 7.32. The fourth-order valence-electron chi connectivity index (χ4n) is 2.94. The molecule has 0 aliphatic carbocycles. The Labute approximate surface area is 192 Å². The molecule has 2 aromatic carbocycles. The second-order valence-corrected chi connectivity index (χ2v) is 8.61. The molecule has 1 aromatic heterocycles. The van der Waals surface area contributed by atoms with Crippen LogP contribution in [0.3, 0.4) is 0 Å². The van der Waals surface area contributed by atoms with Crippen LogP contribution in [0.1, 0.15) is 25.0 Å². The molecule has 3 aromatic rings. The summed E-state index contributed by atoms with van der Waals surface area (Å²) in [4.78, 5) is 25.1. The lowest BCUT2D eigenvalue weighted by molar-refractivity contribution is -0.137. The molecule has 1 heterocycles. The van der Waals surface area contributed by atoms with Crippen molar-refractivity contribution in [3.05, 3.63) is 59.7 Å². The van der Waals surface area contributed by atoms with Gasteiger partial charge in [0, 0.05) is 5.56 Å². The molecule has 33 heavy (non-hydrogen) atoms. The van der Waals surface area contributed by atoms with Gasteiger partial charge >= 0.3 is 12.2 Å². The first kappa shape index (κ1) is 24.2. The minimum Gasteiger partial charge on any atom is -0.326 e. The maximum absolute atomic E-state index is 13.2. The van der Waals surface area contributed by atoms with Gasteiger partial charge in [-0.25, -0.2) is 4.79 Å². The van der Waals surface area contributed by atoms with E-state index in [4.69, 9.17) is 0 Å². The fraction of sp³-hybridized carbons (Fsp3) is 0.273. The Morgan fingerprint density at radius 3 is 2.27 bits per heavy atom. The van der Waals surface area contributed by atoms with Crippen molar-refractivity contribution in [3.63, 3.8) is 0 Å². The van der Waals surface area contributed by atoms with Crippen molar-refractivity contribution in [2.45, 2.75) is 33.0 Å². The van der Waals surface area contributed by atoms with Crippen LogP contribution in [0.25, 0.3) is 10.6 Å². The molecule has 0 aliphatic heterocycles. The molecule has 0 saturated heterocycles. The van der Waals surface area contributed by atoms with Gasteiger partial charge in [0.15, 0.2) is 0 Å². The van der Waals surface area contributed by atoms with Crippen molar-refractivity contribution in [2.75, 3.05) is 10.6 Å². The second-order valence-electron chi connectivity index (χ2n) is 7.63. The molecular weight excluding hydrogens is 455 g/mol. The zero-order valence-electron chi connectivity index (χ0n) is 18.0. The topological polar surface area (TPSA) is 96.0 Å². The molecule has 0 radical (unpaired) electrons. The van der Waals surface area contributed by atoms with E-state index < -0.39 is 35.4 Å². The molecule has 3 amide bonds. The van der Waals surface area contributed by atoms with E-state index in [0.717, 1.165) is 23.3 Å².